The minimum Gasteiger partial charge on any atom is -0.449 e. The highest BCUT2D eigenvalue weighted by atomic mass is 16.5. The summed E-state index contributed by atoms with van der Waals surface area (Å²) in [4.78, 5) is 29.2. The topological polar surface area (TPSA) is 81.4 Å². The Kier molecular flexibility index (Phi) is 4.76. The first-order chi connectivity index (χ1) is 13.7. The lowest BCUT2D eigenvalue weighted by Gasteiger charge is -2.17. The van der Waals surface area contributed by atoms with Gasteiger partial charge in [-0.2, -0.15) is 0 Å². The van der Waals surface area contributed by atoms with E-state index in [2.05, 4.69) is 10.3 Å². The van der Waals surface area contributed by atoms with Crippen LogP contribution in [0.2, 0.25) is 0 Å². The molecule has 0 saturated carbocycles. The highest BCUT2D eigenvalue weighted by molar-refractivity contribution is 6.04. The zero-order valence-corrected chi connectivity index (χ0v) is 15.2. The lowest BCUT2D eigenvalue weighted by Crippen LogP contribution is -2.32. The van der Waals surface area contributed by atoms with Gasteiger partial charge in [-0.3, -0.25) is 4.79 Å². The molecule has 4 aromatic rings. The molecule has 0 aliphatic carbocycles. The van der Waals surface area contributed by atoms with E-state index >= 15 is 0 Å². The molecule has 140 valence electrons. The number of anilines is 1. The molecule has 1 heterocycles. The molecule has 4 rings (SSSR count). The zero-order chi connectivity index (χ0) is 19.5. The van der Waals surface area contributed by atoms with Gasteiger partial charge in [0.2, 0.25) is 0 Å². The number of ether oxygens (including phenoxy) is 1. The van der Waals surface area contributed by atoms with Gasteiger partial charge in [0, 0.05) is 11.1 Å². The number of esters is 1. The fourth-order valence-electron chi connectivity index (χ4n) is 3.05. The quantitative estimate of drug-likeness (QED) is 0.518. The first-order valence-electron chi connectivity index (χ1n) is 8.98. The highest BCUT2D eigenvalue weighted by Gasteiger charge is 2.23. The summed E-state index contributed by atoms with van der Waals surface area (Å²) in [5.41, 5.74) is 2.14. The Labute approximate surface area is 161 Å². The largest absolute Gasteiger partial charge is 0.449 e. The molecule has 0 aliphatic heterocycles. The van der Waals surface area contributed by atoms with Gasteiger partial charge in [-0.15, -0.1) is 0 Å². The number of amides is 1. The Morgan fingerprint density at radius 1 is 1.11 bits per heavy atom. The van der Waals surface area contributed by atoms with Crippen molar-refractivity contribution in [3.05, 3.63) is 72.6 Å². The maximum absolute atomic E-state index is 12.7. The smallest absolute Gasteiger partial charge is 0.338 e. The molecule has 0 aliphatic rings. The summed E-state index contributed by atoms with van der Waals surface area (Å²) in [7, 11) is 0. The summed E-state index contributed by atoms with van der Waals surface area (Å²) < 4.78 is 10.6. The second kappa shape index (κ2) is 7.52. The van der Waals surface area contributed by atoms with Gasteiger partial charge in [-0.25, -0.2) is 9.78 Å². The van der Waals surface area contributed by atoms with Gasteiger partial charge in [0.25, 0.3) is 5.91 Å². The van der Waals surface area contributed by atoms with Crippen molar-refractivity contribution in [2.75, 3.05) is 5.32 Å². The summed E-state index contributed by atoms with van der Waals surface area (Å²) >= 11 is 0. The summed E-state index contributed by atoms with van der Waals surface area (Å²) in [6.45, 7) is 1.79. The number of nitrogens with zero attached hydrogens (tertiary/aromatic N) is 1. The van der Waals surface area contributed by atoms with E-state index in [0.29, 0.717) is 28.8 Å². The van der Waals surface area contributed by atoms with E-state index in [9.17, 15) is 9.59 Å². The molecule has 1 unspecified atom stereocenters. The Hall–Kier alpha value is -3.67. The molecule has 28 heavy (non-hydrogen) atoms. The fourth-order valence-corrected chi connectivity index (χ4v) is 3.05. The van der Waals surface area contributed by atoms with Crippen molar-refractivity contribution >= 4 is 39.4 Å². The van der Waals surface area contributed by atoms with E-state index < -0.39 is 12.1 Å². The number of carbonyl (C=O) groups is 2. The molecule has 1 N–H and O–H groups in total. The predicted octanol–water partition coefficient (Wildman–Crippen LogP) is 4.56. The molecule has 0 bridgehead atoms. The number of fused-ring (bicyclic) bond motifs is 2. The lowest BCUT2D eigenvalue weighted by molar-refractivity contribution is -0.124. The summed E-state index contributed by atoms with van der Waals surface area (Å²) in [6, 6.07) is 18.3. The number of oxazole rings is 1. The van der Waals surface area contributed by atoms with E-state index in [1.807, 2.05) is 42.5 Å². The molecule has 0 spiro atoms. The Bertz CT molecular complexity index is 1160. The summed E-state index contributed by atoms with van der Waals surface area (Å²) in [5.74, 6) is -0.945. The lowest BCUT2D eigenvalue weighted by atomic mass is 10.1. The number of benzene rings is 3. The first kappa shape index (κ1) is 17.7. The molecule has 1 amide bonds. The summed E-state index contributed by atoms with van der Waals surface area (Å²) in [6.07, 6.45) is 0.764. The van der Waals surface area contributed by atoms with Crippen molar-refractivity contribution < 1.29 is 18.7 Å². The van der Waals surface area contributed by atoms with E-state index in [1.54, 1.807) is 25.1 Å². The third kappa shape index (κ3) is 3.44. The van der Waals surface area contributed by atoms with Crippen LogP contribution in [0.15, 0.2) is 71.5 Å². The molecule has 1 aromatic heterocycles. The van der Waals surface area contributed by atoms with Crippen LogP contribution in [-0.4, -0.2) is 23.0 Å². The average molecular weight is 374 g/mol. The number of carbonyl (C=O) groups excluding carboxylic acids is 2. The maximum Gasteiger partial charge on any atom is 0.338 e. The van der Waals surface area contributed by atoms with Crippen LogP contribution in [0.1, 0.15) is 23.7 Å². The van der Waals surface area contributed by atoms with Crippen LogP contribution in [0.5, 0.6) is 0 Å². The second-order valence-corrected chi connectivity index (χ2v) is 6.35. The second-order valence-electron chi connectivity index (χ2n) is 6.35. The molecule has 1 atom stereocenters. The van der Waals surface area contributed by atoms with Crippen LogP contribution in [0.3, 0.4) is 0 Å². The van der Waals surface area contributed by atoms with Crippen molar-refractivity contribution in [3.8, 4) is 0 Å². The molecular weight excluding hydrogens is 356 g/mol. The van der Waals surface area contributed by atoms with Gasteiger partial charge in [-0.05, 0) is 36.1 Å². The molecule has 0 radical (unpaired) electrons. The Morgan fingerprint density at radius 2 is 1.93 bits per heavy atom. The normalized spacial score (nSPS) is 12.0. The van der Waals surface area contributed by atoms with Gasteiger partial charge in [0.05, 0.1) is 5.56 Å². The zero-order valence-electron chi connectivity index (χ0n) is 15.2. The van der Waals surface area contributed by atoms with Crippen LogP contribution >= 0.6 is 0 Å². The Morgan fingerprint density at radius 3 is 2.79 bits per heavy atom. The molecule has 3 aromatic carbocycles. The predicted molar refractivity (Wildman–Crippen MR) is 106 cm³/mol. The third-order valence-electron chi connectivity index (χ3n) is 4.53. The average Bonchev–Trinajstić information content (AvgIpc) is 3.20. The van der Waals surface area contributed by atoms with Gasteiger partial charge >= 0.3 is 5.97 Å². The monoisotopic (exact) mass is 374 g/mol. The molecule has 6 heteroatoms. The molecule has 0 saturated heterocycles. The number of hydrogen-bond donors (Lipinski definition) is 1. The molecule has 6 nitrogen and oxygen atoms in total. The van der Waals surface area contributed by atoms with Crippen molar-refractivity contribution in [3.63, 3.8) is 0 Å². The Balaban J connectivity index is 1.51. The number of hydrogen-bond acceptors (Lipinski definition) is 5. The fraction of sp³-hybridized carbons (Fsp3) is 0.136. The minimum atomic E-state index is -0.903. The third-order valence-corrected chi connectivity index (χ3v) is 4.53. The van der Waals surface area contributed by atoms with Crippen molar-refractivity contribution in [2.24, 2.45) is 0 Å². The van der Waals surface area contributed by atoms with Gasteiger partial charge < -0.3 is 14.5 Å². The molecular formula is C22H18N2O4. The van der Waals surface area contributed by atoms with Crippen molar-refractivity contribution in [1.29, 1.82) is 0 Å². The SMILES string of the molecule is CCC(OC(=O)c1ccc2ocnc2c1)C(=O)Nc1cccc2ccccc12. The van der Waals surface area contributed by atoms with E-state index in [-0.39, 0.29) is 5.91 Å². The molecule has 0 fully saturated rings. The van der Waals surface area contributed by atoms with E-state index in [1.165, 1.54) is 6.39 Å². The van der Waals surface area contributed by atoms with Crippen LogP contribution in [0.4, 0.5) is 5.69 Å². The van der Waals surface area contributed by atoms with Crippen LogP contribution in [-0.2, 0) is 9.53 Å². The number of aromatic nitrogens is 1. The number of rotatable bonds is 5. The van der Waals surface area contributed by atoms with Gasteiger partial charge in [0.15, 0.2) is 18.1 Å². The van der Waals surface area contributed by atoms with Crippen molar-refractivity contribution in [2.45, 2.75) is 19.4 Å². The first-order valence-corrected chi connectivity index (χ1v) is 8.98. The summed E-state index contributed by atoms with van der Waals surface area (Å²) in [5, 5.41) is 4.82. The van der Waals surface area contributed by atoms with E-state index in [4.69, 9.17) is 9.15 Å². The van der Waals surface area contributed by atoms with Crippen LogP contribution in [0.25, 0.3) is 21.9 Å². The standard InChI is InChI=1S/C22H18N2O4/c1-2-19(28-22(26)15-10-11-20-18(12-15)23-13-27-20)21(25)24-17-9-5-7-14-6-3-4-8-16(14)17/h3-13,19H,2H2,1H3,(H,24,25). The van der Waals surface area contributed by atoms with Crippen LogP contribution < -0.4 is 5.32 Å². The van der Waals surface area contributed by atoms with Crippen molar-refractivity contribution in [1.82, 2.24) is 4.98 Å². The van der Waals surface area contributed by atoms with Gasteiger partial charge in [-0.1, -0.05) is 43.3 Å². The number of nitrogens with one attached hydrogen (secondary N) is 1. The highest BCUT2D eigenvalue weighted by Crippen LogP contribution is 2.23. The van der Waals surface area contributed by atoms with Gasteiger partial charge in [0.1, 0.15) is 5.52 Å². The van der Waals surface area contributed by atoms with Crippen LogP contribution in [0, 0.1) is 0 Å². The minimum absolute atomic E-state index is 0.317. The van der Waals surface area contributed by atoms with E-state index in [0.717, 1.165) is 10.8 Å². The maximum atomic E-state index is 12.7.